The fourth-order valence-electron chi connectivity index (χ4n) is 7.40. The molecule has 0 unspecified atom stereocenters. The van der Waals surface area contributed by atoms with E-state index in [0.29, 0.717) is 0 Å². The molecule has 2 heteroatoms. The Morgan fingerprint density at radius 1 is 0.432 bits per heavy atom. The van der Waals surface area contributed by atoms with Gasteiger partial charge in [0.05, 0.1) is 0 Å². The standard InChI is InChI=1S/C42H24OS/c1-2-13-26(14-3-1)37-28-16-6-8-18-30(28)38(31-19-9-7-17-29(31)37)34-24-35-40(42-39(34)32-20-10-11-21-36(32)44-42)33-23-22-25-12-4-5-15-27(25)41(33)43-35/h1-24H. The summed E-state index contributed by atoms with van der Waals surface area (Å²) >= 11 is 1.88. The normalized spacial score (nSPS) is 12.1. The van der Waals surface area contributed by atoms with Crippen LogP contribution in [0.3, 0.4) is 0 Å². The molecular formula is C42H24OS. The van der Waals surface area contributed by atoms with Gasteiger partial charge in [0.1, 0.15) is 11.2 Å². The van der Waals surface area contributed by atoms with Crippen molar-refractivity contribution in [3.8, 4) is 22.3 Å². The molecule has 0 aliphatic rings. The van der Waals surface area contributed by atoms with Crippen molar-refractivity contribution in [3.05, 3.63) is 146 Å². The second-order valence-corrected chi connectivity index (χ2v) is 12.6. The molecule has 0 aliphatic heterocycles. The van der Waals surface area contributed by atoms with Crippen molar-refractivity contribution in [1.82, 2.24) is 0 Å². The first-order chi connectivity index (χ1) is 21.8. The lowest BCUT2D eigenvalue weighted by Crippen LogP contribution is -1.91. The summed E-state index contributed by atoms with van der Waals surface area (Å²) in [5.41, 5.74) is 6.89. The minimum absolute atomic E-state index is 0.936. The Morgan fingerprint density at radius 3 is 1.75 bits per heavy atom. The number of hydrogen-bond donors (Lipinski definition) is 0. The second-order valence-electron chi connectivity index (χ2n) is 11.6. The Morgan fingerprint density at radius 2 is 1.02 bits per heavy atom. The molecule has 0 amide bonds. The minimum atomic E-state index is 0.936. The maximum Gasteiger partial charge on any atom is 0.143 e. The largest absolute Gasteiger partial charge is 0.455 e. The van der Waals surface area contributed by atoms with Crippen molar-refractivity contribution in [1.29, 1.82) is 0 Å². The number of hydrogen-bond acceptors (Lipinski definition) is 2. The maximum atomic E-state index is 6.86. The van der Waals surface area contributed by atoms with Crippen LogP contribution in [0.25, 0.3) is 96.7 Å². The monoisotopic (exact) mass is 576 g/mol. The van der Waals surface area contributed by atoms with Gasteiger partial charge in [-0.15, -0.1) is 11.3 Å². The first kappa shape index (κ1) is 24.0. The lowest BCUT2D eigenvalue weighted by atomic mass is 9.84. The first-order valence-electron chi connectivity index (χ1n) is 15.0. The highest BCUT2D eigenvalue weighted by atomic mass is 32.1. The van der Waals surface area contributed by atoms with Gasteiger partial charge in [-0.3, -0.25) is 0 Å². The van der Waals surface area contributed by atoms with Gasteiger partial charge in [0, 0.05) is 36.3 Å². The number of furan rings is 1. The van der Waals surface area contributed by atoms with Crippen LogP contribution in [-0.4, -0.2) is 0 Å². The van der Waals surface area contributed by atoms with E-state index in [4.69, 9.17) is 4.42 Å². The summed E-state index contributed by atoms with van der Waals surface area (Å²) in [7, 11) is 0. The quantitative estimate of drug-likeness (QED) is 0.187. The van der Waals surface area contributed by atoms with Crippen LogP contribution in [0.1, 0.15) is 0 Å². The Kier molecular flexibility index (Phi) is 4.94. The molecule has 0 N–H and O–H groups in total. The van der Waals surface area contributed by atoms with E-state index in [0.717, 1.165) is 16.6 Å². The fraction of sp³-hybridized carbons (Fsp3) is 0. The third-order valence-electron chi connectivity index (χ3n) is 9.24. The summed E-state index contributed by atoms with van der Waals surface area (Å²) < 4.78 is 9.43. The molecular weight excluding hydrogens is 553 g/mol. The van der Waals surface area contributed by atoms with Crippen LogP contribution >= 0.6 is 11.3 Å². The van der Waals surface area contributed by atoms with Crippen LogP contribution < -0.4 is 0 Å². The summed E-state index contributed by atoms with van der Waals surface area (Å²) in [6, 6.07) is 52.8. The second kappa shape index (κ2) is 9.03. The van der Waals surface area contributed by atoms with Gasteiger partial charge >= 0.3 is 0 Å². The molecule has 2 heterocycles. The predicted molar refractivity (Wildman–Crippen MR) is 190 cm³/mol. The Balaban J connectivity index is 1.44. The van der Waals surface area contributed by atoms with Gasteiger partial charge in [0.25, 0.3) is 0 Å². The lowest BCUT2D eigenvalue weighted by molar-refractivity contribution is 0.673. The maximum absolute atomic E-state index is 6.86. The van der Waals surface area contributed by atoms with Crippen molar-refractivity contribution in [3.63, 3.8) is 0 Å². The molecule has 0 atom stereocenters. The van der Waals surface area contributed by atoms with E-state index in [9.17, 15) is 0 Å². The summed E-state index contributed by atoms with van der Waals surface area (Å²) in [6.45, 7) is 0. The van der Waals surface area contributed by atoms with E-state index in [-0.39, 0.29) is 0 Å². The first-order valence-corrected chi connectivity index (χ1v) is 15.8. The van der Waals surface area contributed by atoms with E-state index < -0.39 is 0 Å². The third kappa shape index (κ3) is 3.23. The van der Waals surface area contributed by atoms with Gasteiger partial charge in [-0.1, -0.05) is 127 Å². The van der Waals surface area contributed by atoms with Crippen LogP contribution in [0.5, 0.6) is 0 Å². The highest BCUT2D eigenvalue weighted by molar-refractivity contribution is 7.27. The minimum Gasteiger partial charge on any atom is -0.455 e. The molecule has 204 valence electrons. The molecule has 10 rings (SSSR count). The molecule has 10 aromatic rings. The number of benzene rings is 8. The van der Waals surface area contributed by atoms with E-state index in [2.05, 4.69) is 146 Å². The summed E-state index contributed by atoms with van der Waals surface area (Å²) in [4.78, 5) is 0. The Bertz CT molecular complexity index is 2710. The number of fused-ring (bicyclic) bond motifs is 11. The average Bonchev–Trinajstić information content (AvgIpc) is 3.66. The molecule has 0 spiro atoms. The highest BCUT2D eigenvalue weighted by Crippen LogP contribution is 2.51. The van der Waals surface area contributed by atoms with Crippen molar-refractivity contribution in [2.45, 2.75) is 0 Å². The molecule has 0 radical (unpaired) electrons. The SMILES string of the molecule is c1ccc(-c2c3ccccc3c(-c3cc4oc5c6ccccc6ccc5c4c4sc5ccccc5c34)c3ccccc23)cc1. The van der Waals surface area contributed by atoms with Gasteiger partial charge in [-0.2, -0.15) is 0 Å². The molecule has 8 aromatic carbocycles. The van der Waals surface area contributed by atoms with Gasteiger partial charge in [0.2, 0.25) is 0 Å². The molecule has 0 aliphatic carbocycles. The zero-order chi connectivity index (χ0) is 28.8. The van der Waals surface area contributed by atoms with Gasteiger partial charge in [-0.05, 0) is 67.4 Å². The van der Waals surface area contributed by atoms with Crippen LogP contribution in [0.2, 0.25) is 0 Å². The molecule has 0 saturated carbocycles. The highest BCUT2D eigenvalue weighted by Gasteiger charge is 2.23. The number of rotatable bonds is 2. The van der Waals surface area contributed by atoms with Gasteiger partial charge in [-0.25, -0.2) is 0 Å². The van der Waals surface area contributed by atoms with Gasteiger partial charge < -0.3 is 4.42 Å². The topological polar surface area (TPSA) is 13.1 Å². The van der Waals surface area contributed by atoms with E-state index in [1.807, 2.05) is 11.3 Å². The van der Waals surface area contributed by atoms with Crippen molar-refractivity contribution >= 4 is 85.8 Å². The Labute approximate surface area is 257 Å². The third-order valence-corrected chi connectivity index (χ3v) is 10.4. The predicted octanol–water partition coefficient (Wildman–Crippen LogP) is 12.7. The van der Waals surface area contributed by atoms with Crippen molar-refractivity contribution in [2.24, 2.45) is 0 Å². The summed E-state index contributed by atoms with van der Waals surface area (Å²) in [5.74, 6) is 0. The van der Waals surface area contributed by atoms with Crippen LogP contribution in [0, 0.1) is 0 Å². The lowest BCUT2D eigenvalue weighted by Gasteiger charge is -2.18. The van der Waals surface area contributed by atoms with Crippen molar-refractivity contribution < 1.29 is 4.42 Å². The summed E-state index contributed by atoms with van der Waals surface area (Å²) in [6.07, 6.45) is 0. The smallest absolute Gasteiger partial charge is 0.143 e. The fourth-order valence-corrected chi connectivity index (χ4v) is 8.68. The molecule has 0 saturated heterocycles. The molecule has 1 nitrogen and oxygen atoms in total. The summed E-state index contributed by atoms with van der Waals surface area (Å²) in [5, 5.41) is 12.4. The average molecular weight is 577 g/mol. The van der Waals surface area contributed by atoms with Gasteiger partial charge in [0.15, 0.2) is 0 Å². The van der Waals surface area contributed by atoms with E-state index >= 15 is 0 Å². The molecule has 0 fully saturated rings. The number of thiophene rings is 1. The van der Waals surface area contributed by atoms with Crippen LogP contribution in [0.4, 0.5) is 0 Å². The zero-order valence-electron chi connectivity index (χ0n) is 23.7. The molecule has 2 aromatic heterocycles. The van der Waals surface area contributed by atoms with Crippen molar-refractivity contribution in [2.75, 3.05) is 0 Å². The zero-order valence-corrected chi connectivity index (χ0v) is 24.5. The van der Waals surface area contributed by atoms with E-state index in [1.165, 1.54) is 80.1 Å². The van der Waals surface area contributed by atoms with Crippen LogP contribution in [0.15, 0.2) is 150 Å². The molecule has 0 bridgehead atoms. The van der Waals surface area contributed by atoms with E-state index in [1.54, 1.807) is 0 Å². The molecule has 44 heavy (non-hydrogen) atoms. The Hall–Kier alpha value is -5.44. The van der Waals surface area contributed by atoms with Crippen LogP contribution in [-0.2, 0) is 0 Å².